The van der Waals surface area contributed by atoms with Gasteiger partial charge in [-0.05, 0) is 50.2 Å². The highest BCUT2D eigenvalue weighted by Gasteiger charge is 2.15. The smallest absolute Gasteiger partial charge is 0.336 e. The van der Waals surface area contributed by atoms with Crippen molar-refractivity contribution in [2.45, 2.75) is 13.8 Å². The van der Waals surface area contributed by atoms with E-state index in [1.807, 2.05) is 44.2 Å². The maximum atomic E-state index is 13.4. The average molecular weight is 416 g/mol. The molecule has 4 aromatic rings. The van der Waals surface area contributed by atoms with E-state index < -0.39 is 11.7 Å². The quantitative estimate of drug-likeness (QED) is 0.479. The zero-order valence-corrected chi connectivity index (χ0v) is 17.2. The van der Waals surface area contributed by atoms with Gasteiger partial charge in [-0.3, -0.25) is 4.79 Å². The van der Waals surface area contributed by atoms with E-state index in [1.165, 1.54) is 18.2 Å². The Labute approximate surface area is 179 Å². The average Bonchev–Trinajstić information content (AvgIpc) is 3.19. The fourth-order valence-corrected chi connectivity index (χ4v) is 3.10. The highest BCUT2D eigenvalue weighted by molar-refractivity contribution is 6.04. The lowest BCUT2D eigenvalue weighted by Gasteiger charge is -2.10. The first-order valence-corrected chi connectivity index (χ1v) is 9.88. The summed E-state index contributed by atoms with van der Waals surface area (Å²) in [4.78, 5) is 17.0. The van der Waals surface area contributed by atoms with E-state index >= 15 is 0 Å². The van der Waals surface area contributed by atoms with E-state index in [-0.39, 0.29) is 11.6 Å². The third-order valence-corrected chi connectivity index (χ3v) is 4.61. The number of hydrogen-bond acceptors (Lipinski definition) is 4. The second kappa shape index (κ2) is 8.79. The van der Waals surface area contributed by atoms with Crippen molar-refractivity contribution >= 4 is 11.6 Å². The van der Waals surface area contributed by atoms with Crippen molar-refractivity contribution in [1.29, 1.82) is 0 Å². The summed E-state index contributed by atoms with van der Waals surface area (Å²) in [7, 11) is 0. The second-order valence-electron chi connectivity index (χ2n) is 6.94. The third-order valence-electron chi connectivity index (χ3n) is 4.61. The van der Waals surface area contributed by atoms with Gasteiger partial charge in [-0.15, -0.1) is 5.10 Å². The molecule has 0 unspecified atom stereocenters. The molecule has 156 valence electrons. The zero-order chi connectivity index (χ0) is 21.8. The van der Waals surface area contributed by atoms with Crippen LogP contribution in [-0.4, -0.2) is 27.3 Å². The molecule has 0 radical (unpaired) electrons. The van der Waals surface area contributed by atoms with Crippen molar-refractivity contribution in [3.63, 3.8) is 0 Å². The molecule has 0 saturated heterocycles. The SMILES string of the molecule is CCOc1nc(-c2ccc(C)cc2)n(-c2cccc(NC(=O)c3cccc(F)c3)c2)n1. The predicted octanol–water partition coefficient (Wildman–Crippen LogP) is 5.03. The highest BCUT2D eigenvalue weighted by Crippen LogP contribution is 2.25. The van der Waals surface area contributed by atoms with E-state index in [1.54, 1.807) is 28.9 Å². The van der Waals surface area contributed by atoms with Gasteiger partial charge < -0.3 is 10.1 Å². The van der Waals surface area contributed by atoms with Gasteiger partial charge in [0, 0.05) is 16.8 Å². The molecule has 0 spiro atoms. The minimum Gasteiger partial charge on any atom is -0.463 e. The number of aromatic nitrogens is 3. The number of benzene rings is 3. The largest absolute Gasteiger partial charge is 0.463 e. The minimum atomic E-state index is -0.463. The lowest BCUT2D eigenvalue weighted by atomic mass is 10.1. The Morgan fingerprint density at radius 2 is 1.84 bits per heavy atom. The molecule has 0 bridgehead atoms. The Balaban J connectivity index is 1.68. The summed E-state index contributed by atoms with van der Waals surface area (Å²) in [6.07, 6.45) is 0. The van der Waals surface area contributed by atoms with Gasteiger partial charge in [0.1, 0.15) is 5.82 Å². The predicted molar refractivity (Wildman–Crippen MR) is 117 cm³/mol. The first-order valence-electron chi connectivity index (χ1n) is 9.88. The van der Waals surface area contributed by atoms with E-state index in [9.17, 15) is 9.18 Å². The topological polar surface area (TPSA) is 69.0 Å². The van der Waals surface area contributed by atoms with Gasteiger partial charge in [0.15, 0.2) is 5.82 Å². The molecule has 1 N–H and O–H groups in total. The number of ether oxygens (including phenoxy) is 1. The molecule has 3 aromatic carbocycles. The second-order valence-corrected chi connectivity index (χ2v) is 6.94. The molecule has 1 aromatic heterocycles. The lowest BCUT2D eigenvalue weighted by Crippen LogP contribution is -2.12. The number of carbonyl (C=O) groups excluding carboxylic acids is 1. The molecule has 0 aliphatic rings. The van der Waals surface area contributed by atoms with Crippen LogP contribution < -0.4 is 10.1 Å². The molecule has 0 aliphatic heterocycles. The zero-order valence-electron chi connectivity index (χ0n) is 17.2. The van der Waals surface area contributed by atoms with Crippen LogP contribution in [0.5, 0.6) is 6.01 Å². The number of anilines is 1. The van der Waals surface area contributed by atoms with Crippen molar-refractivity contribution in [3.05, 3.63) is 89.7 Å². The summed E-state index contributed by atoms with van der Waals surface area (Å²) in [5.41, 5.74) is 3.52. The number of amides is 1. The molecule has 31 heavy (non-hydrogen) atoms. The molecule has 0 saturated carbocycles. The van der Waals surface area contributed by atoms with Crippen LogP contribution in [0.15, 0.2) is 72.8 Å². The first-order chi connectivity index (χ1) is 15.0. The molecule has 0 aliphatic carbocycles. The van der Waals surface area contributed by atoms with Crippen LogP contribution >= 0.6 is 0 Å². The lowest BCUT2D eigenvalue weighted by molar-refractivity contribution is 0.102. The van der Waals surface area contributed by atoms with Crippen molar-refractivity contribution in [2.24, 2.45) is 0 Å². The number of nitrogens with zero attached hydrogens (tertiary/aromatic N) is 3. The summed E-state index contributed by atoms with van der Waals surface area (Å²) >= 11 is 0. The van der Waals surface area contributed by atoms with Gasteiger partial charge in [-0.2, -0.15) is 4.98 Å². The molecule has 7 heteroatoms. The van der Waals surface area contributed by atoms with Gasteiger partial charge in [-0.1, -0.05) is 42.0 Å². The van der Waals surface area contributed by atoms with Gasteiger partial charge in [-0.25, -0.2) is 9.07 Å². The maximum Gasteiger partial charge on any atom is 0.336 e. The van der Waals surface area contributed by atoms with E-state index in [0.717, 1.165) is 11.1 Å². The molecular formula is C24H21FN4O2. The minimum absolute atomic E-state index is 0.241. The highest BCUT2D eigenvalue weighted by atomic mass is 19.1. The van der Waals surface area contributed by atoms with Crippen LogP contribution in [0.1, 0.15) is 22.8 Å². The molecule has 0 fully saturated rings. The van der Waals surface area contributed by atoms with Crippen molar-refractivity contribution in [1.82, 2.24) is 14.8 Å². The standard InChI is InChI=1S/C24H21FN4O2/c1-3-31-24-27-22(17-12-10-16(2)11-13-17)29(28-24)21-9-5-8-20(15-21)26-23(30)18-6-4-7-19(25)14-18/h4-15H,3H2,1-2H3,(H,26,30). The Morgan fingerprint density at radius 1 is 1.06 bits per heavy atom. The maximum absolute atomic E-state index is 13.4. The summed E-state index contributed by atoms with van der Waals surface area (Å²) in [6.45, 7) is 4.33. The van der Waals surface area contributed by atoms with E-state index in [2.05, 4.69) is 15.4 Å². The molecular weight excluding hydrogens is 395 g/mol. The number of aryl methyl sites for hydroxylation is 1. The Hall–Kier alpha value is -4.00. The van der Waals surface area contributed by atoms with Crippen LogP contribution in [0, 0.1) is 12.7 Å². The molecule has 4 rings (SSSR count). The number of rotatable bonds is 6. The van der Waals surface area contributed by atoms with Crippen LogP contribution in [0.4, 0.5) is 10.1 Å². The summed E-state index contributed by atoms with van der Waals surface area (Å²) in [5.74, 6) is -0.240. The van der Waals surface area contributed by atoms with Crippen LogP contribution in [0.2, 0.25) is 0 Å². The van der Waals surface area contributed by atoms with Crippen LogP contribution in [0.25, 0.3) is 17.1 Å². The fraction of sp³-hybridized carbons (Fsp3) is 0.125. The molecule has 1 heterocycles. The van der Waals surface area contributed by atoms with Gasteiger partial charge in [0.05, 0.1) is 12.3 Å². The Bertz CT molecular complexity index is 1220. The normalized spacial score (nSPS) is 10.7. The third kappa shape index (κ3) is 4.61. The van der Waals surface area contributed by atoms with Gasteiger partial charge in [0.2, 0.25) is 0 Å². The van der Waals surface area contributed by atoms with Gasteiger partial charge in [0.25, 0.3) is 5.91 Å². The number of carbonyl (C=O) groups is 1. The van der Waals surface area contributed by atoms with Crippen molar-refractivity contribution < 1.29 is 13.9 Å². The summed E-state index contributed by atoms with van der Waals surface area (Å²) < 4.78 is 20.6. The Morgan fingerprint density at radius 3 is 2.58 bits per heavy atom. The van der Waals surface area contributed by atoms with Crippen LogP contribution in [-0.2, 0) is 0 Å². The first kappa shape index (κ1) is 20.3. The summed E-state index contributed by atoms with van der Waals surface area (Å²) in [6, 6.07) is 21.0. The van der Waals surface area contributed by atoms with Crippen molar-refractivity contribution in [2.75, 3.05) is 11.9 Å². The molecule has 0 atom stereocenters. The Kier molecular flexibility index (Phi) is 5.75. The molecule has 1 amide bonds. The fourth-order valence-electron chi connectivity index (χ4n) is 3.10. The van der Waals surface area contributed by atoms with Crippen molar-refractivity contribution in [3.8, 4) is 23.1 Å². The van der Waals surface area contributed by atoms with Crippen LogP contribution in [0.3, 0.4) is 0 Å². The number of hydrogen-bond donors (Lipinski definition) is 1. The monoisotopic (exact) mass is 416 g/mol. The van der Waals surface area contributed by atoms with E-state index in [0.29, 0.717) is 23.8 Å². The molecule has 6 nitrogen and oxygen atoms in total. The van der Waals surface area contributed by atoms with E-state index in [4.69, 9.17) is 4.74 Å². The number of nitrogens with one attached hydrogen (secondary N) is 1. The number of halogens is 1. The summed E-state index contributed by atoms with van der Waals surface area (Å²) in [5, 5.41) is 7.28. The van der Waals surface area contributed by atoms with Gasteiger partial charge >= 0.3 is 6.01 Å².